The fourth-order valence-corrected chi connectivity index (χ4v) is 8.67. The number of carbonyl (C=O) groups is 4. The topological polar surface area (TPSA) is 209 Å². The van der Waals surface area contributed by atoms with Crippen molar-refractivity contribution in [2.24, 2.45) is 16.7 Å². The molecule has 1 heterocycles. The molecule has 2 radical (unpaired) electrons. The number of hydrogen-bond acceptors (Lipinski definition) is 12. The minimum Gasteiger partial charge on any atom is -0.459 e. The van der Waals surface area contributed by atoms with E-state index >= 15 is 0 Å². The van der Waals surface area contributed by atoms with Gasteiger partial charge in [0, 0.05) is 126 Å². The first-order valence-corrected chi connectivity index (χ1v) is 16.2. The number of ketones is 1. The number of aryl methyl sites for hydroxylation is 2. The summed E-state index contributed by atoms with van der Waals surface area (Å²) < 4.78 is 17.2. The molecule has 0 unspecified atom stereocenters. The molecule has 2 saturated carbocycles. The van der Waals surface area contributed by atoms with Crippen LogP contribution >= 0.6 is 0 Å². The van der Waals surface area contributed by atoms with Crippen LogP contribution in [0.15, 0.2) is 29.3 Å². The Kier molecular flexibility index (Phi) is 13.6. The van der Waals surface area contributed by atoms with Crippen LogP contribution in [-0.4, -0.2) is 104 Å². The summed E-state index contributed by atoms with van der Waals surface area (Å²) in [5, 5.41) is 61.9. The van der Waals surface area contributed by atoms with E-state index < -0.39 is 101 Å². The van der Waals surface area contributed by atoms with Crippen molar-refractivity contribution in [2.75, 3.05) is 6.61 Å². The molecular weight excluding hydrogens is 1080 g/mol. The molecule has 3 aliphatic carbocycles. The van der Waals surface area contributed by atoms with Crippen LogP contribution in [0, 0.1) is 119 Å². The maximum atomic E-state index is 14.4. The van der Waals surface area contributed by atoms with Gasteiger partial charge in [-0.3, -0.25) is 14.4 Å². The molecule has 0 aromatic heterocycles. The number of aliphatic hydroxyl groups is 5. The molecule has 1 aliphatic heterocycles. The molecular formula is C35H47Ac2NO12. The molecule has 6 N–H and O–H groups in total. The summed E-state index contributed by atoms with van der Waals surface area (Å²) in [6.45, 7) is 11.8. The zero-order valence-electron chi connectivity index (χ0n) is 29.7. The third kappa shape index (κ3) is 6.90. The van der Waals surface area contributed by atoms with E-state index in [1.807, 2.05) is 13.8 Å². The molecule has 1 aromatic carbocycles. The zero-order chi connectivity index (χ0) is 35.9. The molecule has 4 aliphatic rings. The van der Waals surface area contributed by atoms with E-state index in [-0.39, 0.29) is 112 Å². The molecule has 50 heavy (non-hydrogen) atoms. The van der Waals surface area contributed by atoms with E-state index in [4.69, 9.17) is 14.2 Å². The van der Waals surface area contributed by atoms with Crippen molar-refractivity contribution < 1.29 is 147 Å². The number of fused-ring (bicyclic) bond motifs is 5. The van der Waals surface area contributed by atoms with Crippen molar-refractivity contribution >= 4 is 23.6 Å². The van der Waals surface area contributed by atoms with Crippen molar-refractivity contribution in [1.29, 1.82) is 0 Å². The second-order valence-electron chi connectivity index (χ2n) is 14.8. The molecule has 1 aromatic rings. The van der Waals surface area contributed by atoms with Crippen molar-refractivity contribution in [3.63, 3.8) is 0 Å². The number of ether oxygens (including phenoxy) is 3. The standard InChI is InChI=1S/C35H47NO12.2Ac/c1-15-9-10-20(11-16(15)2)25(36-18(4)37)27(41)31(43)48-21-13-35(45)30(47-19(5)38)28-33(8,22(39)12-23-34(28,44)14-46-23)29(42)26(40)24(17(21)3)32(35,6)7;;/h9-11,21-23,25-28,30,39-41,44-45H,12-14H2,1-8H3,(H,36,37);;/t21-,22-,23+,25-,26+,27+,28-,30-,33+,34-,35+;;/m0../s1. The molecule has 1 saturated heterocycles. The van der Waals surface area contributed by atoms with E-state index in [0.29, 0.717) is 5.56 Å². The van der Waals surface area contributed by atoms with Gasteiger partial charge in [0.25, 0.3) is 0 Å². The number of amides is 1. The number of carbonyl (C=O) groups excluding carboxylic acids is 4. The minimum atomic E-state index is -2.21. The van der Waals surface area contributed by atoms with Crippen molar-refractivity contribution in [3.05, 3.63) is 46.0 Å². The Morgan fingerprint density at radius 1 is 1.00 bits per heavy atom. The van der Waals surface area contributed by atoms with Gasteiger partial charge in [0.2, 0.25) is 5.91 Å². The third-order valence-corrected chi connectivity index (χ3v) is 11.7. The van der Waals surface area contributed by atoms with Gasteiger partial charge in [-0.1, -0.05) is 32.0 Å². The van der Waals surface area contributed by atoms with Crippen molar-refractivity contribution in [2.45, 2.75) is 122 Å². The molecule has 2 bridgehead atoms. The number of Topliss-reactive ketones (excluding diaryl/α,β-unsaturated/α-hetero) is 1. The average Bonchev–Trinajstić information content (AvgIpc) is 2.99. The number of benzene rings is 1. The fraction of sp³-hybridized carbons (Fsp3) is 0.657. The van der Waals surface area contributed by atoms with Crippen LogP contribution in [0.1, 0.15) is 77.1 Å². The molecule has 11 atom stereocenters. The van der Waals surface area contributed by atoms with Gasteiger partial charge in [-0.2, -0.15) is 0 Å². The minimum absolute atomic E-state index is 0. The largest absolute Gasteiger partial charge is 0.459 e. The van der Waals surface area contributed by atoms with E-state index in [9.17, 15) is 44.7 Å². The molecule has 13 nitrogen and oxygen atoms in total. The van der Waals surface area contributed by atoms with Crippen molar-refractivity contribution in [3.8, 4) is 0 Å². The molecule has 0 spiro atoms. The number of nitrogens with one attached hydrogen (secondary N) is 1. The number of esters is 2. The van der Waals surface area contributed by atoms with Crippen molar-refractivity contribution in [1.82, 2.24) is 5.32 Å². The van der Waals surface area contributed by atoms with Gasteiger partial charge in [0.05, 0.1) is 30.3 Å². The smallest absolute Gasteiger partial charge is 0.338 e. The van der Waals surface area contributed by atoms with Crippen LogP contribution in [0.3, 0.4) is 0 Å². The van der Waals surface area contributed by atoms with E-state index in [2.05, 4.69) is 5.32 Å². The Bertz CT molecular complexity index is 1580. The third-order valence-electron chi connectivity index (χ3n) is 11.7. The number of hydrogen-bond donors (Lipinski definition) is 6. The first kappa shape index (κ1) is 44.1. The number of rotatable bonds is 6. The maximum absolute atomic E-state index is 14.4. The van der Waals surface area contributed by atoms with Crippen LogP contribution in [0.5, 0.6) is 0 Å². The quantitative estimate of drug-likeness (QED) is 0.171. The second-order valence-corrected chi connectivity index (χ2v) is 14.8. The van der Waals surface area contributed by atoms with Gasteiger partial charge in [-0.15, -0.1) is 0 Å². The Labute approximate surface area is 363 Å². The molecule has 5 rings (SSSR count). The normalized spacial score (nSPS) is 36.7. The monoisotopic (exact) mass is 1130 g/mol. The Morgan fingerprint density at radius 3 is 2.14 bits per heavy atom. The SMILES string of the molecule is CC(=O)N[C@@H](c1ccc(C)c(C)c1)[C@@H](O)C(=O)O[C@H]1C[C@@]2(O)[C@@H](OC(C)=O)[C@@H]3[C@]4(O)CO[C@@H]4C[C@H](O)[C@@]3(C)C(=O)[C@H](O)C(=C1C)C2(C)C.[Ac].[Ac]. The average molecular weight is 1130 g/mol. The van der Waals surface area contributed by atoms with Gasteiger partial charge in [-0.25, -0.2) is 4.79 Å². The van der Waals surface area contributed by atoms with Crippen LogP contribution < -0.4 is 5.32 Å². The Hall–Kier alpha value is -0.317. The summed E-state index contributed by atoms with van der Waals surface area (Å²) in [6.07, 6.45) is -9.83. The van der Waals surface area contributed by atoms with Crippen LogP contribution in [0.2, 0.25) is 0 Å². The van der Waals surface area contributed by atoms with Gasteiger partial charge < -0.3 is 45.1 Å². The zero-order valence-corrected chi connectivity index (χ0v) is 39.2. The summed E-state index contributed by atoms with van der Waals surface area (Å²) in [5.74, 6) is -4.83. The van der Waals surface area contributed by atoms with Gasteiger partial charge in [0.1, 0.15) is 29.5 Å². The molecule has 3 fully saturated rings. The summed E-state index contributed by atoms with van der Waals surface area (Å²) in [5.41, 5.74) is -5.01. The first-order valence-electron chi connectivity index (χ1n) is 16.2. The number of aliphatic hydroxyl groups excluding tert-OH is 3. The van der Waals surface area contributed by atoms with Gasteiger partial charge in [0.15, 0.2) is 11.9 Å². The summed E-state index contributed by atoms with van der Waals surface area (Å²) in [4.78, 5) is 52.9. The molecule has 15 heteroatoms. The van der Waals surface area contributed by atoms with Crippen LogP contribution in [0.25, 0.3) is 0 Å². The summed E-state index contributed by atoms with van der Waals surface area (Å²) >= 11 is 0. The van der Waals surface area contributed by atoms with Crippen LogP contribution in [-0.2, 0) is 33.4 Å². The molecule has 270 valence electrons. The molecule has 1 amide bonds. The summed E-state index contributed by atoms with van der Waals surface area (Å²) in [6, 6.07) is 3.98. The predicted molar refractivity (Wildman–Crippen MR) is 168 cm³/mol. The van der Waals surface area contributed by atoms with E-state index in [1.54, 1.807) is 32.0 Å². The first-order chi connectivity index (χ1) is 22.1. The Balaban J connectivity index is 0.00000338. The Morgan fingerprint density at radius 2 is 1.62 bits per heavy atom. The van der Waals surface area contributed by atoms with Crippen LogP contribution in [0.4, 0.5) is 0 Å². The van der Waals surface area contributed by atoms with Gasteiger partial charge >= 0.3 is 11.9 Å². The fourth-order valence-electron chi connectivity index (χ4n) is 8.67. The van der Waals surface area contributed by atoms with E-state index in [1.165, 1.54) is 20.8 Å². The van der Waals surface area contributed by atoms with Gasteiger partial charge in [-0.05, 0) is 55.5 Å². The second kappa shape index (κ2) is 15.4. The maximum Gasteiger partial charge on any atom is 0.338 e. The van der Waals surface area contributed by atoms with E-state index in [0.717, 1.165) is 18.1 Å². The summed E-state index contributed by atoms with van der Waals surface area (Å²) in [7, 11) is 0. The predicted octanol–water partition coefficient (Wildman–Crippen LogP) is 0.623.